The van der Waals surface area contributed by atoms with E-state index in [0.29, 0.717) is 13.1 Å². The Morgan fingerprint density at radius 3 is 2.08 bits per heavy atom. The van der Waals surface area contributed by atoms with E-state index in [1.165, 1.54) is 18.2 Å². The lowest BCUT2D eigenvalue weighted by molar-refractivity contribution is -0.139. The molecule has 1 aliphatic heterocycles. The van der Waals surface area contributed by atoms with Gasteiger partial charge in [0.2, 0.25) is 0 Å². The van der Waals surface area contributed by atoms with E-state index in [4.69, 9.17) is 5.11 Å². The molecule has 0 aromatic heterocycles. The summed E-state index contributed by atoms with van der Waals surface area (Å²) in [6, 6.07) is 0. The van der Waals surface area contributed by atoms with Gasteiger partial charge in [-0.25, -0.2) is 9.10 Å². The van der Waals surface area contributed by atoms with Gasteiger partial charge in [0.15, 0.2) is 4.75 Å². The molecule has 0 saturated carbocycles. The molecule has 1 rings (SSSR count). The number of hydrogen-bond donors (Lipinski definition) is 3. The fraction of sp³-hybridized carbons (Fsp3) is 0.857. The first-order valence-electron chi connectivity index (χ1n) is 4.06. The lowest BCUT2D eigenvalue weighted by Crippen LogP contribution is -2.50. The number of hydrogen-bond acceptors (Lipinski definition) is 4. The van der Waals surface area contributed by atoms with Crippen LogP contribution in [-0.4, -0.2) is 42.3 Å². The minimum Gasteiger partial charge on any atom is -0.480 e. The van der Waals surface area contributed by atoms with Crippen molar-refractivity contribution < 1.29 is 19.0 Å². The molecule has 13 heavy (non-hydrogen) atoms. The third-order valence-corrected chi connectivity index (χ3v) is 5.00. The largest absolute Gasteiger partial charge is 0.480 e. The summed E-state index contributed by atoms with van der Waals surface area (Å²) >= 11 is 0. The Balaban J connectivity index is 2.83. The van der Waals surface area contributed by atoms with Crippen LogP contribution in [0.3, 0.4) is 0 Å². The predicted molar refractivity (Wildman–Crippen MR) is 50.8 cm³/mol. The fourth-order valence-electron chi connectivity index (χ4n) is 0.982. The van der Waals surface area contributed by atoms with Gasteiger partial charge in [0, 0.05) is 13.1 Å². The molecule has 0 atom stereocenters. The number of aliphatic carboxylic acids is 1. The summed E-state index contributed by atoms with van der Waals surface area (Å²) in [5, 5.41) is 8.82. The maximum Gasteiger partial charge on any atom is 0.330 e. The van der Waals surface area contributed by atoms with Crippen molar-refractivity contribution in [1.82, 2.24) is 4.31 Å². The number of carboxylic acid groups (broad SMARTS) is 1. The molecular weight excluding hydrogens is 194 g/mol. The number of nitrogens with zero attached hydrogens (tertiary/aromatic N) is 1. The lowest BCUT2D eigenvalue weighted by Gasteiger charge is -2.54. The number of carbonyl (C=O) groups is 1. The van der Waals surface area contributed by atoms with Crippen molar-refractivity contribution in [2.75, 3.05) is 13.1 Å². The van der Waals surface area contributed by atoms with E-state index >= 15 is 0 Å². The first-order chi connectivity index (χ1) is 5.80. The summed E-state index contributed by atoms with van der Waals surface area (Å²) in [4.78, 5) is 10.8. The highest BCUT2D eigenvalue weighted by molar-refractivity contribution is 8.24. The number of carboxylic acids is 1. The Morgan fingerprint density at radius 1 is 1.38 bits per heavy atom. The zero-order valence-electron chi connectivity index (χ0n) is 7.73. The summed E-state index contributed by atoms with van der Waals surface area (Å²) in [5.74, 6) is -1.18. The Morgan fingerprint density at radius 2 is 1.85 bits per heavy atom. The molecule has 1 heterocycles. The van der Waals surface area contributed by atoms with Crippen LogP contribution in [0.2, 0.25) is 0 Å². The summed E-state index contributed by atoms with van der Waals surface area (Å²) in [5.41, 5.74) is 0. The maximum absolute atomic E-state index is 10.8. The van der Waals surface area contributed by atoms with Crippen LogP contribution in [0.5, 0.6) is 0 Å². The summed E-state index contributed by atoms with van der Waals surface area (Å²) in [6.45, 7) is 3.81. The molecule has 1 saturated heterocycles. The van der Waals surface area contributed by atoms with Gasteiger partial charge in [0.05, 0.1) is 0 Å². The molecule has 0 aliphatic carbocycles. The third kappa shape index (κ3) is 1.54. The van der Waals surface area contributed by atoms with Crippen molar-refractivity contribution in [3.8, 4) is 0 Å². The van der Waals surface area contributed by atoms with Crippen LogP contribution in [0.15, 0.2) is 0 Å². The molecule has 0 spiro atoms. The number of rotatable bonds is 3. The quantitative estimate of drug-likeness (QED) is 0.651. The Hall–Kier alpha value is -0.300. The molecule has 3 N–H and O–H groups in total. The molecule has 0 amide bonds. The summed E-state index contributed by atoms with van der Waals surface area (Å²) < 4.78 is 19.4. The van der Waals surface area contributed by atoms with Gasteiger partial charge in [0.1, 0.15) is 0 Å². The smallest absolute Gasteiger partial charge is 0.330 e. The van der Waals surface area contributed by atoms with Gasteiger partial charge in [-0.1, -0.05) is 0 Å². The van der Waals surface area contributed by atoms with Crippen LogP contribution in [0.1, 0.15) is 20.3 Å². The van der Waals surface area contributed by atoms with Crippen molar-refractivity contribution in [3.05, 3.63) is 0 Å². The molecular formula is C7H15NO4S. The monoisotopic (exact) mass is 209 g/mol. The highest BCUT2D eigenvalue weighted by Crippen LogP contribution is 2.56. The third-order valence-electron chi connectivity index (χ3n) is 2.37. The molecule has 1 fully saturated rings. The van der Waals surface area contributed by atoms with Crippen LogP contribution in [0.25, 0.3) is 0 Å². The Kier molecular flexibility index (Phi) is 2.59. The van der Waals surface area contributed by atoms with E-state index in [0.717, 1.165) is 6.42 Å². The normalized spacial score (nSPS) is 20.9. The van der Waals surface area contributed by atoms with Crippen LogP contribution in [0, 0.1) is 0 Å². The van der Waals surface area contributed by atoms with Crippen molar-refractivity contribution >= 4 is 16.7 Å². The van der Waals surface area contributed by atoms with E-state index in [9.17, 15) is 13.9 Å². The van der Waals surface area contributed by atoms with E-state index < -0.39 is 21.5 Å². The van der Waals surface area contributed by atoms with Crippen LogP contribution < -0.4 is 0 Å². The Bertz CT molecular complexity index is 225. The van der Waals surface area contributed by atoms with Crippen LogP contribution in [0.4, 0.5) is 0 Å². The highest BCUT2D eigenvalue weighted by atomic mass is 32.3. The average Bonchev–Trinajstić information content (AvgIpc) is 1.80. The lowest BCUT2D eigenvalue weighted by atomic mass is 10.2. The molecule has 0 aromatic rings. The van der Waals surface area contributed by atoms with Crippen molar-refractivity contribution in [2.24, 2.45) is 0 Å². The van der Waals surface area contributed by atoms with E-state index in [2.05, 4.69) is 0 Å². The summed E-state index contributed by atoms with van der Waals surface area (Å²) in [6.07, 6.45) is 0.894. The van der Waals surface area contributed by atoms with Gasteiger partial charge in [-0.3, -0.25) is 9.11 Å². The van der Waals surface area contributed by atoms with E-state index in [1.807, 2.05) is 0 Å². The van der Waals surface area contributed by atoms with Gasteiger partial charge in [-0.05, 0) is 20.3 Å². The first-order valence-corrected chi connectivity index (χ1v) is 5.57. The average molecular weight is 209 g/mol. The minimum absolute atomic E-state index is 0.568. The second kappa shape index (κ2) is 3.13. The molecule has 6 heteroatoms. The van der Waals surface area contributed by atoms with E-state index in [-0.39, 0.29) is 0 Å². The Labute approximate surface area is 78.8 Å². The molecule has 0 aromatic carbocycles. The van der Waals surface area contributed by atoms with Gasteiger partial charge < -0.3 is 5.11 Å². The molecule has 0 unspecified atom stereocenters. The maximum atomic E-state index is 10.8. The predicted octanol–water partition coefficient (Wildman–Crippen LogP) is 1.22. The van der Waals surface area contributed by atoms with Crippen molar-refractivity contribution in [3.63, 3.8) is 0 Å². The second-order valence-corrected chi connectivity index (χ2v) is 6.19. The van der Waals surface area contributed by atoms with Crippen molar-refractivity contribution in [2.45, 2.75) is 25.0 Å². The molecule has 5 nitrogen and oxygen atoms in total. The second-order valence-electron chi connectivity index (χ2n) is 3.62. The van der Waals surface area contributed by atoms with Gasteiger partial charge in [0.25, 0.3) is 0 Å². The topological polar surface area (TPSA) is 81.0 Å². The zero-order valence-corrected chi connectivity index (χ0v) is 8.54. The minimum atomic E-state index is -3.17. The fourth-order valence-corrected chi connectivity index (χ4v) is 2.63. The first kappa shape index (κ1) is 10.8. The molecule has 78 valence electrons. The van der Waals surface area contributed by atoms with Crippen LogP contribution >= 0.6 is 10.8 Å². The van der Waals surface area contributed by atoms with Gasteiger partial charge >= 0.3 is 5.97 Å². The SMILES string of the molecule is CC(C)(C(=O)O)S(O)(O)N1CCC1. The zero-order chi connectivity index (χ0) is 10.3. The summed E-state index contributed by atoms with van der Waals surface area (Å²) in [7, 11) is -3.17. The highest BCUT2D eigenvalue weighted by Gasteiger charge is 2.46. The van der Waals surface area contributed by atoms with Gasteiger partial charge in [-0.15, -0.1) is 10.8 Å². The van der Waals surface area contributed by atoms with Crippen LogP contribution in [-0.2, 0) is 4.79 Å². The standard InChI is InChI=1S/C7H15NO4S/c1-7(2,6(9)10)13(11,12)8-4-3-5-8/h11-12H,3-5H2,1-2H3,(H,9,10). The van der Waals surface area contributed by atoms with E-state index in [1.54, 1.807) is 0 Å². The molecule has 0 radical (unpaired) electrons. The molecule has 0 bridgehead atoms. The van der Waals surface area contributed by atoms with Crippen molar-refractivity contribution in [1.29, 1.82) is 0 Å². The van der Waals surface area contributed by atoms with Gasteiger partial charge in [-0.2, -0.15) is 0 Å². The molecule has 1 aliphatic rings.